The highest BCUT2D eigenvalue weighted by molar-refractivity contribution is 5.93. The molecule has 44 heavy (non-hydrogen) atoms. The molecule has 0 saturated carbocycles. The topological polar surface area (TPSA) is 143 Å². The summed E-state index contributed by atoms with van der Waals surface area (Å²) in [4.78, 5) is 60.1. The van der Waals surface area contributed by atoms with E-state index >= 15 is 0 Å². The summed E-state index contributed by atoms with van der Waals surface area (Å²) in [6, 6.07) is 7.33. The van der Waals surface area contributed by atoms with Crippen molar-refractivity contribution < 1.29 is 29.0 Å². The van der Waals surface area contributed by atoms with Crippen LogP contribution in [-0.2, 0) is 39.5 Å². The molecule has 0 radical (unpaired) electrons. The lowest BCUT2D eigenvalue weighted by Gasteiger charge is -2.33. The average Bonchev–Trinajstić information content (AvgIpc) is 3.36. The van der Waals surface area contributed by atoms with E-state index in [0.29, 0.717) is 60.6 Å². The Morgan fingerprint density at radius 1 is 1.14 bits per heavy atom. The lowest BCUT2D eigenvalue weighted by atomic mass is 9.86. The van der Waals surface area contributed by atoms with Gasteiger partial charge in [0.2, 0.25) is 5.91 Å². The van der Waals surface area contributed by atoms with E-state index in [9.17, 15) is 24.3 Å². The first-order valence-corrected chi connectivity index (χ1v) is 15.1. The molecule has 3 aliphatic heterocycles. The number of benzene rings is 1. The number of hydrogen-bond donors (Lipinski definition) is 2. The van der Waals surface area contributed by atoms with Crippen LogP contribution in [0.1, 0.15) is 56.4 Å². The van der Waals surface area contributed by atoms with Crippen LogP contribution in [0, 0.1) is 0 Å². The smallest absolute Gasteiger partial charge is 0.415 e. The molecule has 0 bridgehead atoms. The van der Waals surface area contributed by atoms with Gasteiger partial charge in [0, 0.05) is 48.7 Å². The standard InChI is InChI=1S/C32H37N5O7/c1-5-19-7-8-25(44-31(41)36-11-9-35(10-12-36)16-26(38)33-18(3)4)21-13-20-15-37-24(28(20)34-27(19)21)14-23-22(29(37)39)17-43-30(40)32(23,42)6-2/h7-8,13-14,18,42H,5-6,9-12,15-17H2,1-4H3,(H,33,38). The number of piperazine rings is 1. The Morgan fingerprint density at radius 2 is 1.89 bits per heavy atom. The second kappa shape index (κ2) is 11.3. The van der Waals surface area contributed by atoms with Gasteiger partial charge in [0.15, 0.2) is 5.60 Å². The van der Waals surface area contributed by atoms with Crippen molar-refractivity contribution in [3.8, 4) is 17.1 Å². The van der Waals surface area contributed by atoms with Crippen molar-refractivity contribution in [1.29, 1.82) is 0 Å². The predicted molar refractivity (Wildman–Crippen MR) is 161 cm³/mol. The number of rotatable bonds is 6. The van der Waals surface area contributed by atoms with Gasteiger partial charge in [-0.3, -0.25) is 14.5 Å². The highest BCUT2D eigenvalue weighted by Gasteiger charge is 2.45. The molecule has 12 nitrogen and oxygen atoms in total. The third-order valence-corrected chi connectivity index (χ3v) is 8.75. The summed E-state index contributed by atoms with van der Waals surface area (Å²) in [5.74, 6) is -0.427. The number of hydrogen-bond acceptors (Lipinski definition) is 9. The van der Waals surface area contributed by atoms with Crippen molar-refractivity contribution in [1.82, 2.24) is 24.7 Å². The summed E-state index contributed by atoms with van der Waals surface area (Å²) >= 11 is 0. The molecule has 0 aliphatic carbocycles. The summed E-state index contributed by atoms with van der Waals surface area (Å²) in [5.41, 5.74) is 1.78. The molecule has 1 aromatic carbocycles. The number of nitrogens with one attached hydrogen (secondary N) is 1. The third kappa shape index (κ3) is 5.01. The fourth-order valence-corrected chi connectivity index (χ4v) is 6.29. The van der Waals surface area contributed by atoms with Crippen molar-refractivity contribution in [2.75, 3.05) is 32.7 Å². The number of fused-ring (bicyclic) bond motifs is 5. The number of aliphatic hydroxyl groups is 1. The first-order chi connectivity index (χ1) is 21.0. The maximum atomic E-state index is 13.5. The van der Waals surface area contributed by atoms with Crippen LogP contribution in [0.15, 0.2) is 29.1 Å². The summed E-state index contributed by atoms with van der Waals surface area (Å²) in [6.45, 7) is 9.86. The Labute approximate surface area is 254 Å². The zero-order chi connectivity index (χ0) is 31.3. The van der Waals surface area contributed by atoms with Crippen LogP contribution < -0.4 is 15.6 Å². The Hall–Kier alpha value is -4.29. The second-order valence-electron chi connectivity index (χ2n) is 11.9. The third-order valence-electron chi connectivity index (χ3n) is 8.75. The van der Waals surface area contributed by atoms with Crippen LogP contribution in [0.25, 0.3) is 22.3 Å². The van der Waals surface area contributed by atoms with Crippen molar-refractivity contribution in [2.45, 2.75) is 65.3 Å². The number of cyclic esters (lactones) is 1. The number of ether oxygens (including phenoxy) is 2. The molecule has 2 amide bonds. The monoisotopic (exact) mass is 603 g/mol. The van der Waals surface area contributed by atoms with Gasteiger partial charge < -0.3 is 29.4 Å². The van der Waals surface area contributed by atoms with E-state index in [-0.39, 0.29) is 54.8 Å². The molecule has 2 aromatic heterocycles. The van der Waals surface area contributed by atoms with Crippen LogP contribution in [0.4, 0.5) is 4.79 Å². The van der Waals surface area contributed by atoms with E-state index in [1.54, 1.807) is 28.5 Å². The predicted octanol–water partition coefficient (Wildman–Crippen LogP) is 2.28. The van der Waals surface area contributed by atoms with Gasteiger partial charge in [-0.2, -0.15) is 0 Å². The molecule has 2 N–H and O–H groups in total. The van der Waals surface area contributed by atoms with E-state index in [2.05, 4.69) is 5.32 Å². The van der Waals surface area contributed by atoms with Gasteiger partial charge in [-0.25, -0.2) is 14.6 Å². The van der Waals surface area contributed by atoms with Crippen LogP contribution >= 0.6 is 0 Å². The second-order valence-corrected chi connectivity index (χ2v) is 11.9. The van der Waals surface area contributed by atoms with Crippen molar-refractivity contribution in [3.05, 3.63) is 56.9 Å². The molecular formula is C32H37N5O7. The fourth-order valence-electron chi connectivity index (χ4n) is 6.29. The van der Waals surface area contributed by atoms with Gasteiger partial charge in [-0.05, 0) is 50.5 Å². The van der Waals surface area contributed by atoms with Crippen LogP contribution in [0.2, 0.25) is 0 Å². The van der Waals surface area contributed by atoms with Crippen molar-refractivity contribution >= 4 is 28.9 Å². The molecule has 3 aliphatic rings. The number of amides is 2. The SMILES string of the molecule is CCc1ccc(OC(=O)N2CCN(CC(=O)NC(C)C)CC2)c2cc3c(nc12)-c1cc2c(c(=O)n1C3)COC(=O)C2(O)CC. The van der Waals surface area contributed by atoms with Crippen LogP contribution in [0.3, 0.4) is 0 Å². The molecule has 1 fully saturated rings. The summed E-state index contributed by atoms with van der Waals surface area (Å²) in [5, 5.41) is 14.7. The van der Waals surface area contributed by atoms with E-state index in [1.807, 2.05) is 37.8 Å². The van der Waals surface area contributed by atoms with Gasteiger partial charge in [0.25, 0.3) is 5.56 Å². The number of aryl methyl sites for hydroxylation is 1. The molecular weight excluding hydrogens is 566 g/mol. The number of carbonyl (C=O) groups is 3. The van der Waals surface area contributed by atoms with E-state index in [4.69, 9.17) is 14.5 Å². The molecule has 3 aromatic rings. The summed E-state index contributed by atoms with van der Waals surface area (Å²) in [7, 11) is 0. The maximum absolute atomic E-state index is 13.5. The number of aromatic nitrogens is 2. The molecule has 5 heterocycles. The fraction of sp³-hybridized carbons (Fsp3) is 0.469. The Morgan fingerprint density at radius 3 is 2.57 bits per heavy atom. The lowest BCUT2D eigenvalue weighted by Crippen LogP contribution is -2.52. The first-order valence-electron chi connectivity index (χ1n) is 15.1. The highest BCUT2D eigenvalue weighted by Crippen LogP contribution is 2.40. The van der Waals surface area contributed by atoms with Crippen LogP contribution in [0.5, 0.6) is 5.75 Å². The maximum Gasteiger partial charge on any atom is 0.415 e. The summed E-state index contributed by atoms with van der Waals surface area (Å²) in [6.07, 6.45) is 0.274. The molecule has 6 rings (SSSR count). The number of esters is 1. The van der Waals surface area contributed by atoms with Gasteiger partial charge in [-0.15, -0.1) is 0 Å². The van der Waals surface area contributed by atoms with Crippen LogP contribution in [-0.4, -0.2) is 81.2 Å². The minimum absolute atomic E-state index is 0.0361. The first kappa shape index (κ1) is 29.8. The molecule has 1 saturated heterocycles. The van der Waals surface area contributed by atoms with Crippen molar-refractivity contribution in [2.24, 2.45) is 0 Å². The molecule has 12 heteroatoms. The molecule has 0 spiro atoms. The molecule has 232 valence electrons. The Kier molecular flexibility index (Phi) is 7.66. The minimum Gasteiger partial charge on any atom is -0.458 e. The molecule has 1 unspecified atom stereocenters. The Bertz CT molecular complexity index is 1740. The average molecular weight is 604 g/mol. The van der Waals surface area contributed by atoms with Gasteiger partial charge in [0.05, 0.1) is 35.6 Å². The van der Waals surface area contributed by atoms with Gasteiger partial charge in [-0.1, -0.05) is 19.9 Å². The number of pyridine rings is 2. The lowest BCUT2D eigenvalue weighted by molar-refractivity contribution is -0.172. The quantitative estimate of drug-likeness (QED) is 0.317. The zero-order valence-electron chi connectivity index (χ0n) is 25.4. The summed E-state index contributed by atoms with van der Waals surface area (Å²) < 4.78 is 12.7. The highest BCUT2D eigenvalue weighted by atomic mass is 16.6. The Balaban J connectivity index is 1.29. The van der Waals surface area contributed by atoms with Crippen molar-refractivity contribution in [3.63, 3.8) is 0 Å². The minimum atomic E-state index is -1.90. The van der Waals surface area contributed by atoms with Gasteiger partial charge in [0.1, 0.15) is 12.4 Å². The van der Waals surface area contributed by atoms with Gasteiger partial charge >= 0.3 is 12.1 Å². The zero-order valence-corrected chi connectivity index (χ0v) is 25.4. The van der Waals surface area contributed by atoms with E-state index in [0.717, 1.165) is 11.1 Å². The normalized spacial score (nSPS) is 19.4. The number of carbonyl (C=O) groups excluding carboxylic acids is 3. The van der Waals surface area contributed by atoms with E-state index < -0.39 is 17.7 Å². The largest absolute Gasteiger partial charge is 0.458 e. The van der Waals surface area contributed by atoms with E-state index in [1.165, 1.54) is 0 Å². The molecule has 1 atom stereocenters. The number of nitrogens with zero attached hydrogens (tertiary/aromatic N) is 4.